The summed E-state index contributed by atoms with van der Waals surface area (Å²) in [5.74, 6) is -0.594. The number of carbonyl (C=O) groups excluding carboxylic acids is 2. The Morgan fingerprint density at radius 3 is 1.94 bits per heavy atom. The van der Waals surface area contributed by atoms with Crippen LogP contribution in [0.1, 0.15) is 34.6 Å². The van der Waals surface area contributed by atoms with Crippen LogP contribution in [0.4, 0.5) is 4.79 Å². The Morgan fingerprint density at radius 1 is 1.24 bits per heavy atom. The third-order valence-corrected chi connectivity index (χ3v) is 1.93. The van der Waals surface area contributed by atoms with Gasteiger partial charge in [-0.3, -0.25) is 14.7 Å². The fourth-order valence-electron chi connectivity index (χ4n) is 1.30. The van der Waals surface area contributed by atoms with Crippen LogP contribution in [0.3, 0.4) is 0 Å². The molecule has 0 saturated heterocycles. The van der Waals surface area contributed by atoms with Crippen LogP contribution in [0, 0.1) is 0 Å². The monoisotopic (exact) mass is 240 g/mol. The van der Waals surface area contributed by atoms with E-state index in [1.807, 2.05) is 0 Å². The molecule has 0 aliphatic heterocycles. The number of carbonyl (C=O) groups is 2. The SMILES string of the molecule is CC=N/C(C(=O)N(C(N)=O)C(C)(C)C)=C(/C)N. The van der Waals surface area contributed by atoms with E-state index in [-0.39, 0.29) is 11.4 Å². The summed E-state index contributed by atoms with van der Waals surface area (Å²) in [6, 6.07) is -0.826. The van der Waals surface area contributed by atoms with E-state index in [0.717, 1.165) is 4.90 Å². The molecule has 0 saturated carbocycles. The number of rotatable bonds is 2. The van der Waals surface area contributed by atoms with Gasteiger partial charge in [0.1, 0.15) is 5.70 Å². The fourth-order valence-corrected chi connectivity index (χ4v) is 1.30. The molecule has 0 aromatic rings. The Balaban J connectivity index is 5.53. The Hall–Kier alpha value is -1.85. The van der Waals surface area contributed by atoms with Gasteiger partial charge in [-0.25, -0.2) is 4.79 Å². The third-order valence-electron chi connectivity index (χ3n) is 1.93. The highest BCUT2D eigenvalue weighted by Gasteiger charge is 2.33. The van der Waals surface area contributed by atoms with Crippen molar-refractivity contribution in [3.63, 3.8) is 0 Å². The maximum absolute atomic E-state index is 12.1. The maximum Gasteiger partial charge on any atom is 0.322 e. The number of aliphatic imine (C=N–C) groups is 1. The summed E-state index contributed by atoms with van der Waals surface area (Å²) in [6.07, 6.45) is 1.44. The van der Waals surface area contributed by atoms with Crippen molar-refractivity contribution in [3.05, 3.63) is 11.4 Å². The number of nitrogens with zero attached hydrogens (tertiary/aromatic N) is 2. The van der Waals surface area contributed by atoms with Gasteiger partial charge in [0, 0.05) is 17.5 Å². The Morgan fingerprint density at radius 2 is 1.71 bits per heavy atom. The summed E-state index contributed by atoms with van der Waals surface area (Å²) in [7, 11) is 0. The third kappa shape index (κ3) is 3.90. The average Bonchev–Trinajstić information content (AvgIpc) is 2.09. The van der Waals surface area contributed by atoms with Gasteiger partial charge >= 0.3 is 6.03 Å². The molecule has 0 aromatic heterocycles. The molecule has 96 valence electrons. The molecule has 0 atom stereocenters. The van der Waals surface area contributed by atoms with E-state index in [0.29, 0.717) is 0 Å². The molecular formula is C11H20N4O2. The highest BCUT2D eigenvalue weighted by atomic mass is 16.2. The number of allylic oxidation sites excluding steroid dienone is 1. The molecule has 0 fully saturated rings. The van der Waals surface area contributed by atoms with E-state index in [1.165, 1.54) is 6.21 Å². The van der Waals surface area contributed by atoms with Gasteiger partial charge in [-0.05, 0) is 34.6 Å². The van der Waals surface area contributed by atoms with E-state index < -0.39 is 17.5 Å². The first-order valence-electron chi connectivity index (χ1n) is 5.22. The van der Waals surface area contributed by atoms with Gasteiger partial charge in [-0.15, -0.1) is 0 Å². The van der Waals surface area contributed by atoms with Gasteiger partial charge in [-0.2, -0.15) is 0 Å². The number of urea groups is 1. The number of primary amides is 1. The predicted molar refractivity (Wildman–Crippen MR) is 67.2 cm³/mol. The predicted octanol–water partition coefficient (Wildman–Crippen LogP) is 0.973. The van der Waals surface area contributed by atoms with Gasteiger partial charge in [0.25, 0.3) is 5.91 Å². The second-order valence-electron chi connectivity index (χ2n) is 4.57. The largest absolute Gasteiger partial charge is 0.400 e. The molecule has 3 amide bonds. The van der Waals surface area contributed by atoms with Gasteiger partial charge in [0.2, 0.25) is 0 Å². The molecule has 0 spiro atoms. The van der Waals surface area contributed by atoms with Crippen LogP contribution in [-0.4, -0.2) is 28.6 Å². The van der Waals surface area contributed by atoms with Crippen LogP contribution in [0.15, 0.2) is 16.4 Å². The Labute approximate surface area is 101 Å². The molecule has 0 aromatic carbocycles. The number of hydrogen-bond acceptors (Lipinski definition) is 4. The van der Waals surface area contributed by atoms with Crippen molar-refractivity contribution in [2.24, 2.45) is 16.5 Å². The van der Waals surface area contributed by atoms with Crippen molar-refractivity contribution in [2.45, 2.75) is 40.2 Å². The molecule has 0 radical (unpaired) electrons. The van der Waals surface area contributed by atoms with Crippen LogP contribution >= 0.6 is 0 Å². The van der Waals surface area contributed by atoms with Gasteiger partial charge in [-0.1, -0.05) is 0 Å². The quantitative estimate of drug-likeness (QED) is 0.555. The molecule has 0 aliphatic carbocycles. The molecule has 17 heavy (non-hydrogen) atoms. The number of imide groups is 1. The highest BCUT2D eigenvalue weighted by molar-refractivity contribution is 6.04. The highest BCUT2D eigenvalue weighted by Crippen LogP contribution is 2.17. The van der Waals surface area contributed by atoms with Crippen molar-refractivity contribution >= 4 is 18.2 Å². The van der Waals surface area contributed by atoms with E-state index >= 15 is 0 Å². The lowest BCUT2D eigenvalue weighted by atomic mass is 10.1. The summed E-state index contributed by atoms with van der Waals surface area (Å²) in [5.41, 5.74) is 10.3. The second kappa shape index (κ2) is 5.47. The van der Waals surface area contributed by atoms with Gasteiger partial charge in [0.05, 0.1) is 0 Å². The van der Waals surface area contributed by atoms with Crippen LogP contribution in [0.25, 0.3) is 0 Å². The summed E-state index contributed by atoms with van der Waals surface area (Å²) >= 11 is 0. The first-order valence-corrected chi connectivity index (χ1v) is 5.22. The lowest BCUT2D eigenvalue weighted by molar-refractivity contribution is -0.127. The lowest BCUT2D eigenvalue weighted by Crippen LogP contribution is -2.52. The van der Waals surface area contributed by atoms with E-state index in [4.69, 9.17) is 11.5 Å². The van der Waals surface area contributed by atoms with E-state index in [9.17, 15) is 9.59 Å². The van der Waals surface area contributed by atoms with Gasteiger partial charge < -0.3 is 11.5 Å². The minimum absolute atomic E-state index is 0.0289. The van der Waals surface area contributed by atoms with Crippen molar-refractivity contribution in [3.8, 4) is 0 Å². The second-order valence-corrected chi connectivity index (χ2v) is 4.57. The number of amides is 3. The topological polar surface area (TPSA) is 102 Å². The number of hydrogen-bond donors (Lipinski definition) is 2. The van der Waals surface area contributed by atoms with Crippen LogP contribution in [0.2, 0.25) is 0 Å². The first-order chi connectivity index (χ1) is 7.62. The molecule has 0 heterocycles. The standard InChI is InChI=1S/C11H20N4O2/c1-6-14-8(7(2)12)9(16)15(10(13)17)11(3,4)5/h6H,12H2,1-5H3,(H2,13,17)/b8-7-,14-6?. The normalized spacial score (nSPS) is 13.5. The molecule has 6 nitrogen and oxygen atoms in total. The smallest absolute Gasteiger partial charge is 0.322 e. The molecule has 4 N–H and O–H groups in total. The Kier molecular flexibility index (Phi) is 4.87. The lowest BCUT2D eigenvalue weighted by Gasteiger charge is -2.32. The summed E-state index contributed by atoms with van der Waals surface area (Å²) in [5, 5.41) is 0. The fraction of sp³-hybridized carbons (Fsp3) is 0.545. The maximum atomic E-state index is 12.1. The minimum atomic E-state index is -0.826. The zero-order valence-corrected chi connectivity index (χ0v) is 10.9. The molecule has 6 heteroatoms. The minimum Gasteiger partial charge on any atom is -0.400 e. The Bertz CT molecular complexity index is 373. The van der Waals surface area contributed by atoms with Crippen LogP contribution in [0.5, 0.6) is 0 Å². The zero-order chi connectivity index (χ0) is 13.8. The van der Waals surface area contributed by atoms with Crippen molar-refractivity contribution in [1.82, 2.24) is 4.90 Å². The summed E-state index contributed by atoms with van der Waals surface area (Å²) < 4.78 is 0. The zero-order valence-electron chi connectivity index (χ0n) is 10.9. The van der Waals surface area contributed by atoms with E-state index in [1.54, 1.807) is 34.6 Å². The first kappa shape index (κ1) is 15.2. The summed E-state index contributed by atoms with van der Waals surface area (Å²) in [4.78, 5) is 28.3. The van der Waals surface area contributed by atoms with Crippen molar-refractivity contribution in [1.29, 1.82) is 0 Å². The van der Waals surface area contributed by atoms with Crippen molar-refractivity contribution < 1.29 is 9.59 Å². The van der Waals surface area contributed by atoms with Crippen LogP contribution in [-0.2, 0) is 4.79 Å². The van der Waals surface area contributed by atoms with E-state index in [2.05, 4.69) is 4.99 Å². The van der Waals surface area contributed by atoms with Gasteiger partial charge in [0.15, 0.2) is 0 Å². The molecule has 0 rings (SSSR count). The summed E-state index contributed by atoms with van der Waals surface area (Å²) in [6.45, 7) is 8.31. The molecule has 0 aliphatic rings. The number of nitrogens with two attached hydrogens (primary N) is 2. The van der Waals surface area contributed by atoms with Crippen molar-refractivity contribution in [2.75, 3.05) is 0 Å². The molecule has 0 unspecified atom stereocenters. The molecular weight excluding hydrogens is 220 g/mol. The molecule has 0 bridgehead atoms. The average molecular weight is 240 g/mol. The van der Waals surface area contributed by atoms with Crippen LogP contribution < -0.4 is 11.5 Å².